The van der Waals surface area contributed by atoms with Gasteiger partial charge >= 0.3 is 0 Å². The van der Waals surface area contributed by atoms with Crippen molar-refractivity contribution in [2.24, 2.45) is 0 Å². The summed E-state index contributed by atoms with van der Waals surface area (Å²) in [4.78, 5) is 16.7. The van der Waals surface area contributed by atoms with Crippen molar-refractivity contribution in [2.45, 2.75) is 13.3 Å². The molecule has 0 radical (unpaired) electrons. The Labute approximate surface area is 156 Å². The zero-order chi connectivity index (χ0) is 18.5. The highest BCUT2D eigenvalue weighted by Crippen LogP contribution is 2.25. The van der Waals surface area contributed by atoms with E-state index in [4.69, 9.17) is 16.3 Å². The van der Waals surface area contributed by atoms with Crippen molar-refractivity contribution in [3.05, 3.63) is 59.4 Å². The van der Waals surface area contributed by atoms with E-state index in [9.17, 15) is 4.79 Å². The van der Waals surface area contributed by atoms with Crippen LogP contribution in [0.1, 0.15) is 24.0 Å². The fraction of sp³-hybridized carbons (Fsp3) is 0.211. The minimum atomic E-state index is -0.303. The lowest BCUT2D eigenvalue weighted by Crippen LogP contribution is -2.25. The maximum atomic E-state index is 12.3. The number of benzene rings is 2. The Morgan fingerprint density at radius 3 is 2.65 bits per heavy atom. The number of ether oxygens (including phenoxy) is 1. The summed E-state index contributed by atoms with van der Waals surface area (Å²) in [6.07, 6.45) is 0.839. The molecule has 0 unspecified atom stereocenters. The predicted octanol–water partition coefficient (Wildman–Crippen LogP) is 3.74. The van der Waals surface area contributed by atoms with E-state index in [1.165, 1.54) is 0 Å². The highest BCUT2D eigenvalue weighted by atomic mass is 35.5. The molecule has 0 spiro atoms. The number of amides is 1. The first kappa shape index (κ1) is 17.9. The number of hydrogen-bond acceptors (Lipinski definition) is 4. The molecule has 7 heteroatoms. The van der Waals surface area contributed by atoms with Crippen molar-refractivity contribution >= 4 is 17.5 Å². The van der Waals surface area contributed by atoms with Gasteiger partial charge in [0.2, 0.25) is 5.82 Å². The quantitative estimate of drug-likeness (QED) is 0.717. The summed E-state index contributed by atoms with van der Waals surface area (Å²) >= 11 is 6.12. The molecule has 3 rings (SSSR count). The third kappa shape index (κ3) is 3.86. The molecular formula is C19H19ClN4O2. The number of halogens is 1. The van der Waals surface area contributed by atoms with E-state index < -0.39 is 0 Å². The average Bonchev–Trinajstić information content (AvgIpc) is 3.11. The summed E-state index contributed by atoms with van der Waals surface area (Å²) in [6.45, 7) is 2.56. The summed E-state index contributed by atoms with van der Waals surface area (Å²) in [5.41, 5.74) is 1.54. The average molecular weight is 371 g/mol. The Bertz CT molecular complexity index is 906. The van der Waals surface area contributed by atoms with Crippen LogP contribution in [0, 0.1) is 0 Å². The van der Waals surface area contributed by atoms with Crippen LogP contribution in [-0.2, 0) is 0 Å². The third-order valence-electron chi connectivity index (χ3n) is 3.75. The van der Waals surface area contributed by atoms with Gasteiger partial charge in [0.25, 0.3) is 5.91 Å². The van der Waals surface area contributed by atoms with Crippen molar-refractivity contribution < 1.29 is 9.53 Å². The van der Waals surface area contributed by atoms with E-state index in [1.807, 2.05) is 43.3 Å². The van der Waals surface area contributed by atoms with Gasteiger partial charge in [-0.2, -0.15) is 0 Å². The first-order valence-electron chi connectivity index (χ1n) is 8.28. The van der Waals surface area contributed by atoms with Crippen LogP contribution in [0.5, 0.6) is 5.75 Å². The molecule has 0 aliphatic heterocycles. The highest BCUT2D eigenvalue weighted by molar-refractivity contribution is 6.30. The normalized spacial score (nSPS) is 10.6. The highest BCUT2D eigenvalue weighted by Gasteiger charge is 2.18. The number of rotatable bonds is 6. The summed E-state index contributed by atoms with van der Waals surface area (Å²) in [5, 5.41) is 7.79. The molecule has 1 N–H and O–H groups in total. The van der Waals surface area contributed by atoms with Gasteiger partial charge in [-0.25, -0.2) is 9.67 Å². The molecule has 134 valence electrons. The molecule has 6 nitrogen and oxygen atoms in total. The zero-order valence-electron chi connectivity index (χ0n) is 14.6. The Morgan fingerprint density at radius 2 is 2.00 bits per heavy atom. The fourth-order valence-electron chi connectivity index (χ4n) is 2.44. The van der Waals surface area contributed by atoms with Gasteiger partial charge in [-0.05, 0) is 42.8 Å². The minimum Gasteiger partial charge on any atom is -0.497 e. The van der Waals surface area contributed by atoms with Gasteiger partial charge < -0.3 is 10.1 Å². The zero-order valence-corrected chi connectivity index (χ0v) is 15.3. The van der Waals surface area contributed by atoms with Crippen molar-refractivity contribution in [1.82, 2.24) is 20.1 Å². The Balaban J connectivity index is 2.07. The molecule has 0 aliphatic rings. The lowest BCUT2D eigenvalue weighted by atomic mass is 10.2. The van der Waals surface area contributed by atoms with E-state index in [2.05, 4.69) is 15.4 Å². The van der Waals surface area contributed by atoms with E-state index in [1.54, 1.807) is 23.9 Å². The summed E-state index contributed by atoms with van der Waals surface area (Å²) in [6, 6.07) is 14.7. The number of carbonyl (C=O) groups is 1. The fourth-order valence-corrected chi connectivity index (χ4v) is 2.63. The Kier molecular flexibility index (Phi) is 5.53. The summed E-state index contributed by atoms with van der Waals surface area (Å²) in [5.74, 6) is 1.09. The number of methoxy groups -OCH3 is 1. The van der Waals surface area contributed by atoms with Gasteiger partial charge in [-0.15, -0.1) is 5.10 Å². The van der Waals surface area contributed by atoms with Crippen LogP contribution in [0.2, 0.25) is 5.02 Å². The lowest BCUT2D eigenvalue weighted by Gasteiger charge is -2.07. The predicted molar refractivity (Wildman–Crippen MR) is 101 cm³/mol. The molecule has 3 aromatic rings. The second-order valence-corrected chi connectivity index (χ2v) is 6.07. The SMILES string of the molecule is CCCNC(=O)c1nc(-c2cccc(Cl)c2)n(-c2ccc(OC)cc2)n1. The molecule has 2 aromatic carbocycles. The first-order valence-corrected chi connectivity index (χ1v) is 8.65. The van der Waals surface area contributed by atoms with Crippen LogP contribution >= 0.6 is 11.6 Å². The maximum Gasteiger partial charge on any atom is 0.290 e. The van der Waals surface area contributed by atoms with Gasteiger partial charge in [-0.1, -0.05) is 30.7 Å². The van der Waals surface area contributed by atoms with Crippen LogP contribution in [-0.4, -0.2) is 34.3 Å². The smallest absolute Gasteiger partial charge is 0.290 e. The van der Waals surface area contributed by atoms with Gasteiger partial charge in [-0.3, -0.25) is 4.79 Å². The monoisotopic (exact) mass is 370 g/mol. The van der Waals surface area contributed by atoms with Crippen LogP contribution in [0.15, 0.2) is 48.5 Å². The topological polar surface area (TPSA) is 69.0 Å². The van der Waals surface area contributed by atoms with E-state index in [0.717, 1.165) is 23.4 Å². The molecule has 1 aromatic heterocycles. The molecule has 1 amide bonds. The van der Waals surface area contributed by atoms with Crippen molar-refractivity contribution in [3.8, 4) is 22.8 Å². The molecule has 0 atom stereocenters. The second kappa shape index (κ2) is 8.01. The molecule has 0 saturated carbocycles. The van der Waals surface area contributed by atoms with Crippen molar-refractivity contribution in [1.29, 1.82) is 0 Å². The second-order valence-electron chi connectivity index (χ2n) is 5.64. The number of hydrogen-bond donors (Lipinski definition) is 1. The largest absolute Gasteiger partial charge is 0.497 e. The maximum absolute atomic E-state index is 12.3. The number of nitrogens with zero attached hydrogens (tertiary/aromatic N) is 3. The van der Waals surface area contributed by atoms with Gasteiger partial charge in [0.15, 0.2) is 5.82 Å². The summed E-state index contributed by atoms with van der Waals surface area (Å²) in [7, 11) is 1.61. The van der Waals surface area contributed by atoms with Gasteiger partial charge in [0.1, 0.15) is 5.75 Å². The Hall–Kier alpha value is -2.86. The lowest BCUT2D eigenvalue weighted by molar-refractivity contribution is 0.0943. The van der Waals surface area contributed by atoms with E-state index in [-0.39, 0.29) is 11.7 Å². The van der Waals surface area contributed by atoms with Crippen molar-refractivity contribution in [3.63, 3.8) is 0 Å². The minimum absolute atomic E-state index is 0.115. The molecule has 0 fully saturated rings. The molecule has 0 bridgehead atoms. The van der Waals surface area contributed by atoms with E-state index in [0.29, 0.717) is 17.4 Å². The van der Waals surface area contributed by atoms with Crippen LogP contribution in [0.3, 0.4) is 0 Å². The van der Waals surface area contributed by atoms with Crippen molar-refractivity contribution in [2.75, 3.05) is 13.7 Å². The number of nitrogens with one attached hydrogen (secondary N) is 1. The molecule has 26 heavy (non-hydrogen) atoms. The number of aromatic nitrogens is 3. The molecule has 0 aliphatic carbocycles. The number of carbonyl (C=O) groups excluding carboxylic acids is 1. The van der Waals surface area contributed by atoms with Crippen LogP contribution in [0.4, 0.5) is 0 Å². The first-order chi connectivity index (χ1) is 12.6. The summed E-state index contributed by atoms with van der Waals surface area (Å²) < 4.78 is 6.83. The molecular weight excluding hydrogens is 352 g/mol. The van der Waals surface area contributed by atoms with Gasteiger partial charge in [0, 0.05) is 17.1 Å². The van der Waals surface area contributed by atoms with Crippen LogP contribution in [0.25, 0.3) is 17.1 Å². The van der Waals surface area contributed by atoms with Crippen LogP contribution < -0.4 is 10.1 Å². The standard InChI is InChI=1S/C19H19ClN4O2/c1-3-11-21-19(25)17-22-18(13-5-4-6-14(20)12-13)24(23-17)15-7-9-16(26-2)10-8-15/h4-10,12H,3,11H2,1-2H3,(H,21,25). The molecule has 0 saturated heterocycles. The Morgan fingerprint density at radius 1 is 1.23 bits per heavy atom. The van der Waals surface area contributed by atoms with Gasteiger partial charge in [0.05, 0.1) is 12.8 Å². The molecule has 1 heterocycles. The van der Waals surface area contributed by atoms with E-state index >= 15 is 0 Å². The third-order valence-corrected chi connectivity index (χ3v) is 3.98.